The summed E-state index contributed by atoms with van der Waals surface area (Å²) < 4.78 is 6.70. The number of halogens is 1. The summed E-state index contributed by atoms with van der Waals surface area (Å²) in [6.45, 7) is 4.84. The topological polar surface area (TPSA) is 51.0 Å². The Balaban J connectivity index is 2.07. The first-order chi connectivity index (χ1) is 10.2. The van der Waals surface area contributed by atoms with Gasteiger partial charge in [0.25, 0.3) is 0 Å². The van der Waals surface area contributed by atoms with Gasteiger partial charge in [0.05, 0.1) is 10.2 Å². The fourth-order valence-corrected chi connectivity index (χ4v) is 3.52. The molecule has 4 nitrogen and oxygen atoms in total. The van der Waals surface area contributed by atoms with Gasteiger partial charge >= 0.3 is 0 Å². The number of furan rings is 1. The van der Waals surface area contributed by atoms with Crippen molar-refractivity contribution in [1.29, 1.82) is 0 Å². The van der Waals surface area contributed by atoms with E-state index in [1.54, 1.807) is 0 Å². The molecule has 112 valence electrons. The molecule has 1 N–H and O–H groups in total. The van der Waals surface area contributed by atoms with Gasteiger partial charge < -0.3 is 9.73 Å². The van der Waals surface area contributed by atoms with Crippen molar-refractivity contribution in [3.8, 4) is 11.6 Å². The summed E-state index contributed by atoms with van der Waals surface area (Å²) in [4.78, 5) is 9.40. The number of aryl methyl sites for hydroxylation is 1. The molecule has 0 aliphatic heterocycles. The normalized spacial score (nSPS) is 15.6. The van der Waals surface area contributed by atoms with Gasteiger partial charge in [-0.05, 0) is 54.8 Å². The van der Waals surface area contributed by atoms with Gasteiger partial charge in [0.2, 0.25) is 0 Å². The molecule has 0 amide bonds. The average Bonchev–Trinajstić information content (AvgIpc) is 3.12. The Morgan fingerprint density at radius 2 is 2.05 bits per heavy atom. The summed E-state index contributed by atoms with van der Waals surface area (Å²) in [6.07, 6.45) is 4.98. The number of nitrogens with zero attached hydrogens (tertiary/aromatic N) is 2. The lowest BCUT2D eigenvalue weighted by Gasteiger charge is -2.15. The van der Waals surface area contributed by atoms with Gasteiger partial charge in [-0.3, -0.25) is 0 Å². The van der Waals surface area contributed by atoms with Gasteiger partial charge in [0, 0.05) is 12.5 Å². The SMILES string of the molecule is CCNc1nc(-c2ccc(C)o2)nc(C2CCCC2)c1Br. The van der Waals surface area contributed by atoms with Crippen LogP contribution >= 0.6 is 15.9 Å². The maximum atomic E-state index is 5.69. The Labute approximate surface area is 133 Å². The minimum atomic E-state index is 0.523. The number of nitrogens with one attached hydrogen (secondary N) is 1. The van der Waals surface area contributed by atoms with Crippen LogP contribution in [0.15, 0.2) is 21.0 Å². The largest absolute Gasteiger partial charge is 0.458 e. The van der Waals surface area contributed by atoms with Crippen molar-refractivity contribution in [3.63, 3.8) is 0 Å². The maximum Gasteiger partial charge on any atom is 0.197 e. The van der Waals surface area contributed by atoms with Crippen LogP contribution in [0, 0.1) is 6.92 Å². The summed E-state index contributed by atoms with van der Waals surface area (Å²) in [5, 5.41) is 3.32. The molecule has 0 bridgehead atoms. The third-order valence-electron chi connectivity index (χ3n) is 3.92. The molecule has 0 saturated heterocycles. The molecule has 1 saturated carbocycles. The van der Waals surface area contributed by atoms with Crippen LogP contribution in [0.4, 0.5) is 5.82 Å². The van der Waals surface area contributed by atoms with Crippen LogP contribution in [0.1, 0.15) is 50.0 Å². The smallest absolute Gasteiger partial charge is 0.197 e. The van der Waals surface area contributed by atoms with Crippen molar-refractivity contribution in [2.75, 3.05) is 11.9 Å². The van der Waals surface area contributed by atoms with Gasteiger partial charge in [-0.2, -0.15) is 0 Å². The summed E-state index contributed by atoms with van der Waals surface area (Å²) in [5.74, 6) is 3.67. The molecule has 21 heavy (non-hydrogen) atoms. The number of hydrogen-bond donors (Lipinski definition) is 1. The monoisotopic (exact) mass is 349 g/mol. The standard InChI is InChI=1S/C16H20BrN3O/c1-3-18-16-13(17)14(11-6-4-5-7-11)19-15(20-16)12-9-8-10(2)21-12/h8-9,11H,3-7H2,1-2H3,(H,18,19,20). The zero-order chi connectivity index (χ0) is 14.8. The van der Waals surface area contributed by atoms with Crippen LogP contribution in [-0.2, 0) is 0 Å². The van der Waals surface area contributed by atoms with Crippen molar-refractivity contribution in [3.05, 3.63) is 28.1 Å². The predicted molar refractivity (Wildman–Crippen MR) is 87.5 cm³/mol. The van der Waals surface area contributed by atoms with Crippen LogP contribution in [0.3, 0.4) is 0 Å². The molecule has 2 heterocycles. The maximum absolute atomic E-state index is 5.69. The van der Waals surface area contributed by atoms with Crippen molar-refractivity contribution in [2.24, 2.45) is 0 Å². The molecule has 0 aromatic carbocycles. The molecule has 0 spiro atoms. The van der Waals surface area contributed by atoms with Gasteiger partial charge in [-0.15, -0.1) is 0 Å². The van der Waals surface area contributed by atoms with Gasteiger partial charge in [0.1, 0.15) is 11.6 Å². The van der Waals surface area contributed by atoms with Gasteiger partial charge in [0.15, 0.2) is 11.6 Å². The highest BCUT2D eigenvalue weighted by Crippen LogP contribution is 2.39. The summed E-state index contributed by atoms with van der Waals surface area (Å²) in [7, 11) is 0. The van der Waals surface area contributed by atoms with Crippen molar-refractivity contribution in [2.45, 2.75) is 45.4 Å². The lowest BCUT2D eigenvalue weighted by atomic mass is 10.0. The Morgan fingerprint density at radius 3 is 2.67 bits per heavy atom. The number of hydrogen-bond acceptors (Lipinski definition) is 4. The summed E-state index contributed by atoms with van der Waals surface area (Å²) >= 11 is 3.69. The minimum Gasteiger partial charge on any atom is -0.458 e. The first kappa shape index (κ1) is 14.6. The average molecular weight is 350 g/mol. The molecule has 2 aromatic rings. The quantitative estimate of drug-likeness (QED) is 0.852. The Bertz CT molecular complexity index is 632. The van der Waals surface area contributed by atoms with E-state index in [0.717, 1.165) is 34.0 Å². The summed E-state index contributed by atoms with van der Waals surface area (Å²) in [6, 6.07) is 3.88. The second kappa shape index (κ2) is 6.18. The first-order valence-electron chi connectivity index (χ1n) is 7.57. The number of rotatable bonds is 4. The third-order valence-corrected chi connectivity index (χ3v) is 4.71. The molecule has 5 heteroatoms. The van der Waals surface area contributed by atoms with Gasteiger partial charge in [-0.1, -0.05) is 12.8 Å². The highest BCUT2D eigenvalue weighted by atomic mass is 79.9. The van der Waals surface area contributed by atoms with E-state index in [4.69, 9.17) is 9.40 Å². The zero-order valence-electron chi connectivity index (χ0n) is 12.4. The predicted octanol–water partition coefficient (Wildman–Crippen LogP) is 4.90. The highest BCUT2D eigenvalue weighted by molar-refractivity contribution is 9.10. The second-order valence-electron chi connectivity index (χ2n) is 5.52. The van der Waals surface area contributed by atoms with Crippen molar-refractivity contribution < 1.29 is 4.42 Å². The molecule has 2 aromatic heterocycles. The van der Waals surface area contributed by atoms with E-state index in [9.17, 15) is 0 Å². The number of aromatic nitrogens is 2. The lowest BCUT2D eigenvalue weighted by molar-refractivity contribution is 0.543. The highest BCUT2D eigenvalue weighted by Gasteiger charge is 2.24. The lowest BCUT2D eigenvalue weighted by Crippen LogP contribution is -2.08. The minimum absolute atomic E-state index is 0.523. The van der Waals surface area contributed by atoms with E-state index in [1.807, 2.05) is 19.1 Å². The van der Waals surface area contributed by atoms with Gasteiger partial charge in [-0.25, -0.2) is 9.97 Å². The fraction of sp³-hybridized carbons (Fsp3) is 0.500. The molecule has 1 aliphatic carbocycles. The first-order valence-corrected chi connectivity index (χ1v) is 8.36. The van der Waals surface area contributed by atoms with E-state index in [2.05, 4.69) is 33.2 Å². The molecule has 1 aliphatic rings. The van der Waals surface area contributed by atoms with Crippen LogP contribution in [0.5, 0.6) is 0 Å². The molecule has 0 atom stereocenters. The van der Waals surface area contributed by atoms with Crippen molar-refractivity contribution >= 4 is 21.7 Å². The van der Waals surface area contributed by atoms with E-state index in [-0.39, 0.29) is 0 Å². The molecule has 0 unspecified atom stereocenters. The van der Waals surface area contributed by atoms with Crippen LogP contribution < -0.4 is 5.32 Å². The van der Waals surface area contributed by atoms with Crippen molar-refractivity contribution in [1.82, 2.24) is 9.97 Å². The molecule has 3 rings (SSSR count). The molecule has 0 radical (unpaired) electrons. The summed E-state index contributed by atoms with van der Waals surface area (Å²) in [5.41, 5.74) is 1.11. The van der Waals surface area contributed by atoms with E-state index >= 15 is 0 Å². The third kappa shape index (κ3) is 2.98. The molecule has 1 fully saturated rings. The van der Waals surface area contributed by atoms with Crippen LogP contribution in [0.25, 0.3) is 11.6 Å². The van der Waals surface area contributed by atoms with E-state index in [1.165, 1.54) is 25.7 Å². The van der Waals surface area contributed by atoms with E-state index < -0.39 is 0 Å². The van der Waals surface area contributed by atoms with Crippen LogP contribution in [0.2, 0.25) is 0 Å². The second-order valence-corrected chi connectivity index (χ2v) is 6.31. The van der Waals surface area contributed by atoms with E-state index in [0.29, 0.717) is 11.7 Å². The van der Waals surface area contributed by atoms with Crippen LogP contribution in [-0.4, -0.2) is 16.5 Å². The Hall–Kier alpha value is -1.36. The number of anilines is 1. The Morgan fingerprint density at radius 1 is 1.29 bits per heavy atom. The zero-order valence-corrected chi connectivity index (χ0v) is 14.0. The Kier molecular flexibility index (Phi) is 4.29. The molecular weight excluding hydrogens is 330 g/mol. The molecular formula is C16H20BrN3O. The fourth-order valence-electron chi connectivity index (χ4n) is 2.88.